The molecule has 0 aliphatic rings. The first-order valence-corrected chi connectivity index (χ1v) is 7.88. The molecule has 1 unspecified atom stereocenters. The Bertz CT molecular complexity index is 775. The lowest BCUT2D eigenvalue weighted by Gasteiger charge is -2.13. The molecule has 0 radical (unpaired) electrons. The first kappa shape index (κ1) is 17.8. The van der Waals surface area contributed by atoms with Crippen molar-refractivity contribution in [2.45, 2.75) is 26.9 Å². The number of hydrogen-bond donors (Lipinski definition) is 2. The summed E-state index contributed by atoms with van der Waals surface area (Å²) in [4.78, 5) is 17.4. The molecular weight excluding hydrogens is 326 g/mol. The summed E-state index contributed by atoms with van der Waals surface area (Å²) >= 11 is 5.90. The highest BCUT2D eigenvalue weighted by molar-refractivity contribution is 6.31. The Morgan fingerprint density at radius 2 is 2.00 bits per heavy atom. The number of amides is 1. The Kier molecular flexibility index (Phi) is 5.82. The molecule has 5 nitrogen and oxygen atoms in total. The molecule has 6 heteroatoms. The number of nitrogens with two attached hydrogens (primary N) is 1. The van der Waals surface area contributed by atoms with Crippen molar-refractivity contribution < 1.29 is 9.63 Å². The summed E-state index contributed by atoms with van der Waals surface area (Å²) in [7, 11) is 0. The van der Waals surface area contributed by atoms with Crippen LogP contribution in [0, 0.1) is 13.8 Å². The van der Waals surface area contributed by atoms with Gasteiger partial charge in [-0.2, -0.15) is 0 Å². The van der Waals surface area contributed by atoms with Gasteiger partial charge in [0.05, 0.1) is 0 Å². The lowest BCUT2D eigenvalue weighted by atomic mass is 10.1. The number of hydrogen-bond acceptors (Lipinski definition) is 3. The van der Waals surface area contributed by atoms with E-state index >= 15 is 0 Å². The summed E-state index contributed by atoms with van der Waals surface area (Å²) in [6.45, 7) is 5.50. The molecule has 2 aromatic carbocycles. The molecule has 1 atom stereocenters. The van der Waals surface area contributed by atoms with E-state index in [-0.39, 0.29) is 11.7 Å². The largest absolute Gasteiger partial charge is 0.381 e. The molecule has 2 aromatic rings. The number of rotatable bonds is 5. The van der Waals surface area contributed by atoms with E-state index in [2.05, 4.69) is 10.5 Å². The van der Waals surface area contributed by atoms with E-state index in [1.165, 1.54) is 0 Å². The topological polar surface area (TPSA) is 76.7 Å². The van der Waals surface area contributed by atoms with Crippen LogP contribution in [-0.4, -0.2) is 17.8 Å². The number of carbonyl (C=O) groups excluding carboxylic acids is 1. The smallest absolute Gasteiger partial charge is 0.267 e. The summed E-state index contributed by atoms with van der Waals surface area (Å²) in [5.74, 6) is -0.143. The lowest BCUT2D eigenvalue weighted by Crippen LogP contribution is -2.27. The maximum absolute atomic E-state index is 12.2. The van der Waals surface area contributed by atoms with Gasteiger partial charge >= 0.3 is 0 Å². The molecule has 24 heavy (non-hydrogen) atoms. The zero-order chi connectivity index (χ0) is 17.7. The molecule has 0 aliphatic carbocycles. The van der Waals surface area contributed by atoms with E-state index < -0.39 is 6.10 Å². The van der Waals surface area contributed by atoms with Crippen molar-refractivity contribution in [1.82, 2.24) is 0 Å². The Hall–Kier alpha value is -2.53. The van der Waals surface area contributed by atoms with Gasteiger partial charge in [-0.05, 0) is 50.1 Å². The zero-order valence-corrected chi connectivity index (χ0v) is 14.6. The van der Waals surface area contributed by atoms with Crippen LogP contribution in [0.3, 0.4) is 0 Å². The monoisotopic (exact) mass is 345 g/mol. The minimum absolute atomic E-state index is 0.156. The average Bonchev–Trinajstić information content (AvgIpc) is 2.55. The fourth-order valence-corrected chi connectivity index (χ4v) is 2.18. The second-order valence-corrected chi connectivity index (χ2v) is 5.98. The van der Waals surface area contributed by atoms with Gasteiger partial charge in [0.1, 0.15) is 0 Å². The van der Waals surface area contributed by atoms with Gasteiger partial charge in [0.25, 0.3) is 5.91 Å². The highest BCUT2D eigenvalue weighted by Gasteiger charge is 2.16. The summed E-state index contributed by atoms with van der Waals surface area (Å²) < 4.78 is 0. The average molecular weight is 346 g/mol. The van der Waals surface area contributed by atoms with Crippen LogP contribution in [0.2, 0.25) is 5.02 Å². The maximum Gasteiger partial charge on any atom is 0.267 e. The van der Waals surface area contributed by atoms with Crippen molar-refractivity contribution in [3.8, 4) is 0 Å². The molecule has 0 aromatic heterocycles. The SMILES string of the molecule is Cc1ccc(C)c(NC(=O)C(C)O/N=C(\N)c2cccc(Cl)c2)c1. The fraction of sp³-hybridized carbons (Fsp3) is 0.222. The summed E-state index contributed by atoms with van der Waals surface area (Å²) in [6, 6.07) is 12.8. The predicted molar refractivity (Wildman–Crippen MR) is 97.3 cm³/mol. The van der Waals surface area contributed by atoms with E-state index in [9.17, 15) is 4.79 Å². The van der Waals surface area contributed by atoms with Crippen LogP contribution in [0.4, 0.5) is 5.69 Å². The van der Waals surface area contributed by atoms with E-state index in [1.54, 1.807) is 31.2 Å². The maximum atomic E-state index is 12.2. The van der Waals surface area contributed by atoms with Crippen LogP contribution in [0.1, 0.15) is 23.6 Å². The van der Waals surface area contributed by atoms with E-state index in [0.717, 1.165) is 16.8 Å². The second-order valence-electron chi connectivity index (χ2n) is 5.54. The van der Waals surface area contributed by atoms with Gasteiger partial charge in [-0.1, -0.05) is 41.0 Å². The molecular formula is C18H20ClN3O2. The third kappa shape index (κ3) is 4.73. The predicted octanol–water partition coefficient (Wildman–Crippen LogP) is 3.62. The minimum Gasteiger partial charge on any atom is -0.381 e. The molecule has 0 saturated carbocycles. The molecule has 0 aliphatic heterocycles. The van der Waals surface area contributed by atoms with Crippen molar-refractivity contribution in [3.63, 3.8) is 0 Å². The van der Waals surface area contributed by atoms with E-state index in [4.69, 9.17) is 22.2 Å². The zero-order valence-electron chi connectivity index (χ0n) is 13.8. The van der Waals surface area contributed by atoms with Crippen LogP contribution in [0.25, 0.3) is 0 Å². The van der Waals surface area contributed by atoms with Crippen LogP contribution < -0.4 is 11.1 Å². The van der Waals surface area contributed by atoms with Gasteiger partial charge in [-0.25, -0.2) is 0 Å². The van der Waals surface area contributed by atoms with Crippen LogP contribution in [0.15, 0.2) is 47.6 Å². The third-order valence-electron chi connectivity index (χ3n) is 3.45. The number of benzene rings is 2. The number of amidine groups is 1. The van der Waals surface area contributed by atoms with Gasteiger partial charge in [0.2, 0.25) is 6.10 Å². The normalized spacial score (nSPS) is 12.6. The van der Waals surface area contributed by atoms with Crippen molar-refractivity contribution in [2.24, 2.45) is 10.9 Å². The van der Waals surface area contributed by atoms with Crippen LogP contribution >= 0.6 is 11.6 Å². The van der Waals surface area contributed by atoms with Gasteiger partial charge in [0.15, 0.2) is 5.84 Å². The Labute approximate surface area is 146 Å². The van der Waals surface area contributed by atoms with Crippen molar-refractivity contribution in [3.05, 3.63) is 64.2 Å². The molecule has 0 spiro atoms. The molecule has 1 amide bonds. The summed E-state index contributed by atoms with van der Waals surface area (Å²) in [6.07, 6.45) is -0.789. The van der Waals surface area contributed by atoms with Gasteiger partial charge in [-0.3, -0.25) is 4.79 Å². The Balaban J connectivity index is 2.01. The number of nitrogens with zero attached hydrogens (tertiary/aromatic N) is 1. The van der Waals surface area contributed by atoms with Crippen molar-refractivity contribution >= 4 is 29.0 Å². The number of nitrogens with one attached hydrogen (secondary N) is 1. The van der Waals surface area contributed by atoms with Gasteiger partial charge in [0, 0.05) is 16.3 Å². The van der Waals surface area contributed by atoms with Crippen LogP contribution in [0.5, 0.6) is 0 Å². The summed E-state index contributed by atoms with van der Waals surface area (Å²) in [5.41, 5.74) is 9.26. The lowest BCUT2D eigenvalue weighted by molar-refractivity contribution is -0.126. The number of carbonyl (C=O) groups is 1. The Morgan fingerprint density at radius 1 is 1.25 bits per heavy atom. The van der Waals surface area contributed by atoms with Gasteiger partial charge in [-0.15, -0.1) is 0 Å². The van der Waals surface area contributed by atoms with Crippen molar-refractivity contribution in [2.75, 3.05) is 5.32 Å². The number of anilines is 1. The number of oxime groups is 1. The van der Waals surface area contributed by atoms with Crippen LogP contribution in [-0.2, 0) is 9.63 Å². The first-order valence-electron chi connectivity index (χ1n) is 7.50. The molecule has 126 valence electrons. The number of aryl methyl sites for hydroxylation is 2. The minimum atomic E-state index is -0.789. The van der Waals surface area contributed by atoms with E-state index in [1.807, 2.05) is 32.0 Å². The first-order chi connectivity index (χ1) is 11.4. The summed E-state index contributed by atoms with van der Waals surface area (Å²) in [5, 5.41) is 7.19. The van der Waals surface area contributed by atoms with Gasteiger partial charge < -0.3 is 15.9 Å². The standard InChI is InChI=1S/C18H20ClN3O2/c1-11-7-8-12(2)16(9-11)21-18(23)13(3)24-22-17(20)14-5-4-6-15(19)10-14/h4-10,13H,1-3H3,(H2,20,22)(H,21,23). The number of halogens is 1. The van der Waals surface area contributed by atoms with E-state index in [0.29, 0.717) is 10.6 Å². The fourth-order valence-electron chi connectivity index (χ4n) is 1.99. The molecule has 3 N–H and O–H groups in total. The second kappa shape index (κ2) is 7.84. The highest BCUT2D eigenvalue weighted by Crippen LogP contribution is 2.17. The molecule has 0 heterocycles. The quantitative estimate of drug-likeness (QED) is 0.493. The molecule has 0 saturated heterocycles. The molecule has 0 fully saturated rings. The van der Waals surface area contributed by atoms with Crippen molar-refractivity contribution in [1.29, 1.82) is 0 Å². The third-order valence-corrected chi connectivity index (χ3v) is 3.68. The molecule has 2 rings (SSSR count). The Morgan fingerprint density at radius 3 is 2.71 bits per heavy atom. The highest BCUT2D eigenvalue weighted by atomic mass is 35.5. The molecule has 0 bridgehead atoms.